The van der Waals surface area contributed by atoms with Crippen LogP contribution < -0.4 is 10.9 Å². The molecule has 22 heavy (non-hydrogen) atoms. The number of furan rings is 1. The van der Waals surface area contributed by atoms with E-state index >= 15 is 0 Å². The largest absolute Gasteiger partial charge is 0.462 e. The normalized spacial score (nSPS) is 10.5. The third kappa shape index (κ3) is 2.99. The van der Waals surface area contributed by atoms with Crippen LogP contribution in [0.1, 0.15) is 15.4 Å². The summed E-state index contributed by atoms with van der Waals surface area (Å²) in [6.07, 6.45) is 1.56. The van der Waals surface area contributed by atoms with Crippen molar-refractivity contribution in [3.8, 4) is 10.8 Å². The van der Waals surface area contributed by atoms with Crippen molar-refractivity contribution in [2.75, 3.05) is 5.43 Å². The van der Waals surface area contributed by atoms with E-state index in [9.17, 15) is 9.18 Å². The van der Waals surface area contributed by atoms with Gasteiger partial charge >= 0.3 is 0 Å². The predicted molar refractivity (Wildman–Crippen MR) is 82.0 cm³/mol. The van der Waals surface area contributed by atoms with Gasteiger partial charge in [0.05, 0.1) is 12.0 Å². The van der Waals surface area contributed by atoms with E-state index in [2.05, 4.69) is 15.8 Å². The number of carbonyl (C=O) groups is 1. The molecular formula is C15H12FN3O2S. The average Bonchev–Trinajstić information content (AvgIpc) is 3.15. The van der Waals surface area contributed by atoms with Gasteiger partial charge in [0.2, 0.25) is 0 Å². The van der Waals surface area contributed by atoms with E-state index in [-0.39, 0.29) is 11.7 Å². The van der Waals surface area contributed by atoms with Gasteiger partial charge in [0.15, 0.2) is 10.8 Å². The molecule has 3 rings (SSSR count). The molecule has 7 heteroatoms. The summed E-state index contributed by atoms with van der Waals surface area (Å²) >= 11 is 1.38. The van der Waals surface area contributed by atoms with E-state index in [0.29, 0.717) is 22.1 Å². The predicted octanol–water partition coefficient (Wildman–Crippen LogP) is 3.61. The highest BCUT2D eigenvalue weighted by atomic mass is 32.1. The zero-order chi connectivity index (χ0) is 15.5. The number of hydrazine groups is 1. The Hall–Kier alpha value is -2.67. The van der Waals surface area contributed by atoms with Gasteiger partial charge in [0, 0.05) is 4.88 Å². The molecule has 0 aliphatic rings. The van der Waals surface area contributed by atoms with E-state index in [1.54, 1.807) is 18.4 Å². The topological polar surface area (TPSA) is 67.2 Å². The van der Waals surface area contributed by atoms with Gasteiger partial charge in [-0.05, 0) is 43.3 Å². The number of benzene rings is 1. The van der Waals surface area contributed by atoms with Gasteiger partial charge < -0.3 is 4.42 Å². The molecule has 0 saturated carbocycles. The molecule has 0 aliphatic heterocycles. The maximum Gasteiger partial charge on any atom is 0.289 e. The fourth-order valence-corrected chi connectivity index (χ4v) is 2.71. The Morgan fingerprint density at radius 2 is 2.05 bits per heavy atom. The molecule has 0 radical (unpaired) electrons. The number of aromatic nitrogens is 1. The van der Waals surface area contributed by atoms with E-state index in [4.69, 9.17) is 4.42 Å². The number of aryl methyl sites for hydroxylation is 1. The Morgan fingerprint density at radius 1 is 1.27 bits per heavy atom. The van der Waals surface area contributed by atoms with Gasteiger partial charge in [-0.25, -0.2) is 9.37 Å². The van der Waals surface area contributed by atoms with E-state index in [1.807, 2.05) is 6.92 Å². The molecule has 112 valence electrons. The third-order valence-electron chi connectivity index (χ3n) is 2.91. The molecule has 0 spiro atoms. The molecule has 1 aromatic carbocycles. The summed E-state index contributed by atoms with van der Waals surface area (Å²) in [5.74, 6) is -0.0789. The van der Waals surface area contributed by atoms with Crippen LogP contribution in [0, 0.1) is 12.7 Å². The van der Waals surface area contributed by atoms with Gasteiger partial charge in [-0.3, -0.25) is 15.6 Å². The monoisotopic (exact) mass is 317 g/mol. The summed E-state index contributed by atoms with van der Waals surface area (Å²) in [6.45, 7) is 1.82. The second-order valence-electron chi connectivity index (χ2n) is 4.49. The lowest BCUT2D eigenvalue weighted by Crippen LogP contribution is -2.30. The molecule has 2 aromatic heterocycles. The summed E-state index contributed by atoms with van der Waals surface area (Å²) < 4.78 is 18.1. The summed E-state index contributed by atoms with van der Waals surface area (Å²) in [7, 11) is 0. The van der Waals surface area contributed by atoms with Gasteiger partial charge in [0.25, 0.3) is 5.91 Å². The average molecular weight is 317 g/mol. The summed E-state index contributed by atoms with van der Waals surface area (Å²) in [4.78, 5) is 17.2. The Labute approximate surface area is 129 Å². The number of hydrogen-bond acceptors (Lipinski definition) is 5. The lowest BCUT2D eigenvalue weighted by atomic mass is 10.3. The zero-order valence-electron chi connectivity index (χ0n) is 11.6. The van der Waals surface area contributed by atoms with Gasteiger partial charge in [0.1, 0.15) is 11.5 Å². The fraction of sp³-hybridized carbons (Fsp3) is 0.0667. The molecule has 0 unspecified atom stereocenters. The first-order valence-electron chi connectivity index (χ1n) is 6.47. The minimum Gasteiger partial charge on any atom is -0.462 e. The maximum atomic E-state index is 12.8. The Kier molecular flexibility index (Phi) is 3.88. The number of thiazole rings is 1. The van der Waals surface area contributed by atoms with Crippen LogP contribution in [0.25, 0.3) is 10.8 Å². The summed E-state index contributed by atoms with van der Waals surface area (Å²) in [6, 6.07) is 9.21. The second kappa shape index (κ2) is 5.98. The molecule has 0 aliphatic carbocycles. The minimum absolute atomic E-state index is 0.325. The molecule has 1 amide bonds. The van der Waals surface area contributed by atoms with Crippen molar-refractivity contribution >= 4 is 22.9 Å². The third-order valence-corrected chi connectivity index (χ3v) is 3.89. The van der Waals surface area contributed by atoms with Crippen molar-refractivity contribution in [2.24, 2.45) is 0 Å². The lowest BCUT2D eigenvalue weighted by Gasteiger charge is -2.07. The van der Waals surface area contributed by atoms with Crippen LogP contribution in [0.2, 0.25) is 0 Å². The van der Waals surface area contributed by atoms with Crippen molar-refractivity contribution in [3.63, 3.8) is 0 Å². The fourth-order valence-electron chi connectivity index (χ4n) is 1.83. The highest BCUT2D eigenvalue weighted by Gasteiger charge is 2.17. The number of nitrogens with zero attached hydrogens (tertiary/aromatic N) is 1. The van der Waals surface area contributed by atoms with Crippen LogP contribution in [-0.2, 0) is 0 Å². The number of amides is 1. The molecule has 0 bridgehead atoms. The molecule has 2 heterocycles. The Bertz CT molecular complexity index is 782. The van der Waals surface area contributed by atoms with Crippen LogP contribution in [0.15, 0.2) is 47.1 Å². The van der Waals surface area contributed by atoms with Crippen LogP contribution in [0.3, 0.4) is 0 Å². The van der Waals surface area contributed by atoms with Crippen molar-refractivity contribution in [3.05, 3.63) is 59.0 Å². The van der Waals surface area contributed by atoms with Crippen LogP contribution >= 0.6 is 11.3 Å². The molecule has 0 saturated heterocycles. The standard InChI is InChI=1S/C15H12FN3O2S/c1-9-13(17-15(22-9)12-3-2-8-21-12)14(20)19-18-11-6-4-10(16)5-7-11/h2-8,18H,1H3,(H,19,20). The number of carbonyl (C=O) groups excluding carboxylic acids is 1. The quantitative estimate of drug-likeness (QED) is 0.721. The van der Waals surface area contributed by atoms with Crippen molar-refractivity contribution < 1.29 is 13.6 Å². The minimum atomic E-state index is -0.365. The van der Waals surface area contributed by atoms with Crippen LogP contribution in [-0.4, -0.2) is 10.9 Å². The number of rotatable bonds is 4. The SMILES string of the molecule is Cc1sc(-c2ccco2)nc1C(=O)NNc1ccc(F)cc1. The first-order valence-corrected chi connectivity index (χ1v) is 7.28. The smallest absolute Gasteiger partial charge is 0.289 e. The molecule has 2 N–H and O–H groups in total. The summed E-state index contributed by atoms with van der Waals surface area (Å²) in [5.41, 5.74) is 6.16. The van der Waals surface area contributed by atoms with Gasteiger partial charge in [-0.15, -0.1) is 11.3 Å². The number of anilines is 1. The van der Waals surface area contributed by atoms with Crippen LogP contribution in [0.4, 0.5) is 10.1 Å². The van der Waals surface area contributed by atoms with Crippen molar-refractivity contribution in [2.45, 2.75) is 6.92 Å². The highest BCUT2D eigenvalue weighted by molar-refractivity contribution is 7.15. The Morgan fingerprint density at radius 3 is 2.73 bits per heavy atom. The Balaban J connectivity index is 1.71. The maximum absolute atomic E-state index is 12.8. The molecule has 0 atom stereocenters. The molecule has 3 aromatic rings. The molecular weight excluding hydrogens is 305 g/mol. The molecule has 5 nitrogen and oxygen atoms in total. The highest BCUT2D eigenvalue weighted by Crippen LogP contribution is 2.27. The lowest BCUT2D eigenvalue weighted by molar-refractivity contribution is 0.0958. The number of halogens is 1. The summed E-state index contributed by atoms with van der Waals surface area (Å²) in [5, 5.41) is 0.648. The van der Waals surface area contributed by atoms with Crippen LogP contribution in [0.5, 0.6) is 0 Å². The second-order valence-corrected chi connectivity index (χ2v) is 5.69. The molecule has 0 fully saturated rings. The van der Waals surface area contributed by atoms with Gasteiger partial charge in [-0.1, -0.05) is 0 Å². The van der Waals surface area contributed by atoms with Crippen molar-refractivity contribution in [1.82, 2.24) is 10.4 Å². The van der Waals surface area contributed by atoms with E-state index in [0.717, 1.165) is 4.88 Å². The zero-order valence-corrected chi connectivity index (χ0v) is 12.4. The number of nitrogens with one attached hydrogen (secondary N) is 2. The first kappa shape index (κ1) is 14.3. The van der Waals surface area contributed by atoms with E-state index in [1.165, 1.54) is 35.6 Å². The van der Waals surface area contributed by atoms with Gasteiger partial charge in [-0.2, -0.15) is 0 Å². The van der Waals surface area contributed by atoms with E-state index < -0.39 is 0 Å². The van der Waals surface area contributed by atoms with Crippen molar-refractivity contribution in [1.29, 1.82) is 0 Å². The first-order chi connectivity index (χ1) is 10.6. The number of hydrogen-bond donors (Lipinski definition) is 2.